The van der Waals surface area contributed by atoms with Crippen molar-refractivity contribution in [3.05, 3.63) is 35.4 Å². The van der Waals surface area contributed by atoms with E-state index in [-0.39, 0.29) is 5.56 Å². The van der Waals surface area contributed by atoms with Crippen LogP contribution in [0.4, 0.5) is 8.78 Å². The lowest BCUT2D eigenvalue weighted by molar-refractivity contribution is -0.147. The number of benzene rings is 1. The van der Waals surface area contributed by atoms with E-state index < -0.39 is 23.6 Å². The summed E-state index contributed by atoms with van der Waals surface area (Å²) in [6.07, 6.45) is 0.866. The second-order valence-electron chi connectivity index (χ2n) is 4.77. The summed E-state index contributed by atoms with van der Waals surface area (Å²) in [4.78, 5) is 13.9. The van der Waals surface area contributed by atoms with Gasteiger partial charge in [-0.3, -0.25) is 4.90 Å². The fraction of sp³-hybridized carbons (Fsp3) is 0.500. The third kappa shape index (κ3) is 3.52. The number of nitrogens with zero attached hydrogens (tertiary/aromatic N) is 1. The Bertz CT molecular complexity index is 454. The molecule has 1 unspecified atom stereocenters. The molecule has 0 saturated carbocycles. The Morgan fingerprint density at radius 1 is 1.25 bits per heavy atom. The standard InChI is InChI=1S/C14H18F2N2O2/c1-20-14(19)13(18-5-2-3-17-4-6-18)10-7-11(15)9-12(16)8-10/h7-9,13,17H,2-6H2,1H3. The highest BCUT2D eigenvalue weighted by molar-refractivity contribution is 5.77. The number of nitrogens with one attached hydrogen (secondary N) is 1. The zero-order valence-electron chi connectivity index (χ0n) is 11.4. The van der Waals surface area contributed by atoms with Crippen molar-refractivity contribution in [1.29, 1.82) is 0 Å². The van der Waals surface area contributed by atoms with Crippen LogP contribution in [0.25, 0.3) is 0 Å². The smallest absolute Gasteiger partial charge is 0.327 e. The quantitative estimate of drug-likeness (QED) is 0.854. The van der Waals surface area contributed by atoms with Gasteiger partial charge in [0.15, 0.2) is 0 Å². The molecule has 2 rings (SSSR count). The first-order valence-electron chi connectivity index (χ1n) is 6.60. The summed E-state index contributed by atoms with van der Waals surface area (Å²) in [5.41, 5.74) is 0.288. The van der Waals surface area contributed by atoms with E-state index in [0.717, 1.165) is 25.6 Å². The van der Waals surface area contributed by atoms with Gasteiger partial charge in [-0.2, -0.15) is 0 Å². The minimum Gasteiger partial charge on any atom is -0.468 e. The van der Waals surface area contributed by atoms with Crippen molar-refractivity contribution in [3.63, 3.8) is 0 Å². The SMILES string of the molecule is COC(=O)C(c1cc(F)cc(F)c1)N1CCCNCC1. The topological polar surface area (TPSA) is 41.6 Å². The van der Waals surface area contributed by atoms with Crippen LogP contribution in [0.3, 0.4) is 0 Å². The average molecular weight is 284 g/mol. The molecule has 1 aliphatic rings. The summed E-state index contributed by atoms with van der Waals surface area (Å²) in [6, 6.07) is 2.39. The van der Waals surface area contributed by atoms with Gasteiger partial charge in [0.1, 0.15) is 17.7 Å². The highest BCUT2D eigenvalue weighted by atomic mass is 19.1. The Hall–Kier alpha value is -1.53. The molecule has 1 aromatic rings. The Morgan fingerprint density at radius 2 is 1.95 bits per heavy atom. The Labute approximate surface area is 116 Å². The van der Waals surface area contributed by atoms with Crippen molar-refractivity contribution < 1.29 is 18.3 Å². The van der Waals surface area contributed by atoms with Crippen molar-refractivity contribution >= 4 is 5.97 Å². The third-order valence-corrected chi connectivity index (χ3v) is 3.36. The maximum absolute atomic E-state index is 13.4. The monoisotopic (exact) mass is 284 g/mol. The van der Waals surface area contributed by atoms with Crippen LogP contribution < -0.4 is 5.32 Å². The summed E-state index contributed by atoms with van der Waals surface area (Å²) >= 11 is 0. The van der Waals surface area contributed by atoms with Gasteiger partial charge in [-0.25, -0.2) is 13.6 Å². The molecule has 0 bridgehead atoms. The molecule has 0 radical (unpaired) electrons. The van der Waals surface area contributed by atoms with E-state index in [9.17, 15) is 13.6 Å². The molecular weight excluding hydrogens is 266 g/mol. The van der Waals surface area contributed by atoms with Crippen LogP contribution >= 0.6 is 0 Å². The van der Waals surface area contributed by atoms with Crippen molar-refractivity contribution in [2.75, 3.05) is 33.3 Å². The van der Waals surface area contributed by atoms with Crippen molar-refractivity contribution in [2.45, 2.75) is 12.5 Å². The normalized spacial score (nSPS) is 18.4. The molecule has 1 atom stereocenters. The summed E-state index contributed by atoms with van der Waals surface area (Å²) < 4.78 is 31.6. The fourth-order valence-electron chi connectivity index (χ4n) is 2.47. The molecule has 1 saturated heterocycles. The zero-order chi connectivity index (χ0) is 14.5. The van der Waals surface area contributed by atoms with Gasteiger partial charge >= 0.3 is 5.97 Å². The van der Waals surface area contributed by atoms with Crippen LogP contribution in [0, 0.1) is 11.6 Å². The summed E-state index contributed by atoms with van der Waals surface area (Å²) in [7, 11) is 1.28. The van der Waals surface area contributed by atoms with Crippen molar-refractivity contribution in [2.24, 2.45) is 0 Å². The molecule has 0 aromatic heterocycles. The second kappa shape index (κ2) is 6.76. The van der Waals surface area contributed by atoms with Crippen LogP contribution in [0.15, 0.2) is 18.2 Å². The van der Waals surface area contributed by atoms with Crippen molar-refractivity contribution in [1.82, 2.24) is 10.2 Å². The molecule has 6 heteroatoms. The van der Waals surface area contributed by atoms with Gasteiger partial charge in [-0.1, -0.05) is 0 Å². The van der Waals surface area contributed by atoms with Crippen LogP contribution in [0.1, 0.15) is 18.0 Å². The maximum atomic E-state index is 13.4. The highest BCUT2D eigenvalue weighted by Crippen LogP contribution is 2.24. The first-order chi connectivity index (χ1) is 9.61. The summed E-state index contributed by atoms with van der Waals surface area (Å²) in [5, 5.41) is 3.22. The van der Waals surface area contributed by atoms with E-state index >= 15 is 0 Å². The number of hydrogen-bond donors (Lipinski definition) is 1. The van der Waals surface area contributed by atoms with Crippen LogP contribution in [0.5, 0.6) is 0 Å². The van der Waals surface area contributed by atoms with E-state index in [4.69, 9.17) is 4.74 Å². The Balaban J connectivity index is 2.32. The number of methoxy groups -OCH3 is 1. The van der Waals surface area contributed by atoms with Crippen LogP contribution in [0.2, 0.25) is 0 Å². The molecule has 1 fully saturated rings. The third-order valence-electron chi connectivity index (χ3n) is 3.36. The molecule has 110 valence electrons. The number of hydrogen-bond acceptors (Lipinski definition) is 4. The molecule has 0 amide bonds. The average Bonchev–Trinajstić information content (AvgIpc) is 2.67. The van der Waals surface area contributed by atoms with Gasteiger partial charge in [0.05, 0.1) is 7.11 Å². The second-order valence-corrected chi connectivity index (χ2v) is 4.77. The van der Waals surface area contributed by atoms with Crippen LogP contribution in [-0.2, 0) is 9.53 Å². The maximum Gasteiger partial charge on any atom is 0.327 e. The highest BCUT2D eigenvalue weighted by Gasteiger charge is 2.29. The lowest BCUT2D eigenvalue weighted by Gasteiger charge is -2.28. The number of ether oxygens (including phenoxy) is 1. The summed E-state index contributed by atoms with van der Waals surface area (Å²) in [6.45, 7) is 2.88. The van der Waals surface area contributed by atoms with Crippen molar-refractivity contribution in [3.8, 4) is 0 Å². The Kier molecular flexibility index (Phi) is 5.03. The van der Waals surface area contributed by atoms with Gasteiger partial charge in [0, 0.05) is 25.7 Å². The number of carbonyl (C=O) groups excluding carboxylic acids is 1. The number of esters is 1. The zero-order valence-corrected chi connectivity index (χ0v) is 11.4. The minimum atomic E-state index is -0.773. The lowest BCUT2D eigenvalue weighted by Crippen LogP contribution is -2.37. The van der Waals surface area contributed by atoms with Gasteiger partial charge in [0.25, 0.3) is 0 Å². The number of halogens is 2. The first-order valence-corrected chi connectivity index (χ1v) is 6.60. The number of carbonyl (C=O) groups is 1. The minimum absolute atomic E-state index is 0.288. The molecule has 1 heterocycles. The molecule has 4 nitrogen and oxygen atoms in total. The van der Waals surface area contributed by atoms with E-state index in [2.05, 4.69) is 5.32 Å². The Morgan fingerprint density at radius 3 is 2.60 bits per heavy atom. The lowest BCUT2D eigenvalue weighted by atomic mass is 10.0. The molecule has 1 aromatic carbocycles. The fourth-order valence-corrected chi connectivity index (χ4v) is 2.47. The molecule has 0 aliphatic carbocycles. The summed E-state index contributed by atoms with van der Waals surface area (Å²) in [5.74, 6) is -1.89. The van der Waals surface area contributed by atoms with Crippen LogP contribution in [-0.4, -0.2) is 44.2 Å². The van der Waals surface area contributed by atoms with E-state index in [1.165, 1.54) is 19.2 Å². The van der Waals surface area contributed by atoms with E-state index in [1.54, 1.807) is 0 Å². The van der Waals surface area contributed by atoms with Gasteiger partial charge in [-0.05, 0) is 30.7 Å². The first kappa shape index (κ1) is 14.9. The van der Waals surface area contributed by atoms with E-state index in [0.29, 0.717) is 13.1 Å². The molecular formula is C14H18F2N2O2. The predicted molar refractivity (Wildman–Crippen MR) is 70.2 cm³/mol. The van der Waals surface area contributed by atoms with Gasteiger partial charge in [0.2, 0.25) is 0 Å². The van der Waals surface area contributed by atoms with Gasteiger partial charge < -0.3 is 10.1 Å². The van der Waals surface area contributed by atoms with E-state index in [1.807, 2.05) is 4.90 Å². The molecule has 20 heavy (non-hydrogen) atoms. The van der Waals surface area contributed by atoms with Gasteiger partial charge in [-0.15, -0.1) is 0 Å². The molecule has 1 aliphatic heterocycles. The molecule has 0 spiro atoms. The molecule has 1 N–H and O–H groups in total. The number of rotatable bonds is 3. The largest absolute Gasteiger partial charge is 0.468 e. The predicted octanol–water partition coefficient (Wildman–Crippen LogP) is 1.47.